The van der Waals surface area contributed by atoms with E-state index in [0.717, 1.165) is 0 Å². The molecule has 16 heavy (non-hydrogen) atoms. The molecule has 0 unspecified atom stereocenters. The Balaban J connectivity index is 2.52. The largest absolute Gasteiger partial charge is 0.506 e. The maximum absolute atomic E-state index is 12.6. The fourth-order valence-corrected chi connectivity index (χ4v) is 1.15. The Morgan fingerprint density at radius 2 is 2.12 bits per heavy atom. The van der Waals surface area contributed by atoms with Gasteiger partial charge in [0.2, 0.25) is 0 Å². The molecule has 0 amide bonds. The molecule has 0 aliphatic heterocycles. The van der Waals surface area contributed by atoms with Gasteiger partial charge in [-0.15, -0.1) is 0 Å². The van der Waals surface area contributed by atoms with E-state index in [-0.39, 0.29) is 12.3 Å². The molecular formula is C10H14F2N2O2. The van der Waals surface area contributed by atoms with Crippen LogP contribution >= 0.6 is 0 Å². The van der Waals surface area contributed by atoms with E-state index < -0.39 is 19.1 Å². The van der Waals surface area contributed by atoms with Crippen LogP contribution in [0.1, 0.15) is 11.4 Å². The second kappa shape index (κ2) is 5.18. The van der Waals surface area contributed by atoms with E-state index in [1.54, 1.807) is 13.0 Å². The highest BCUT2D eigenvalue weighted by molar-refractivity contribution is 5.27. The summed E-state index contributed by atoms with van der Waals surface area (Å²) in [6.07, 6.45) is 0. The molecule has 0 bridgehead atoms. The second-order valence-electron chi connectivity index (χ2n) is 3.54. The Bertz CT molecular complexity index is 359. The van der Waals surface area contributed by atoms with E-state index in [4.69, 9.17) is 5.11 Å². The Labute approximate surface area is 91.9 Å². The van der Waals surface area contributed by atoms with Gasteiger partial charge in [-0.2, -0.15) is 0 Å². The van der Waals surface area contributed by atoms with Crippen LogP contribution in [0.2, 0.25) is 0 Å². The lowest BCUT2D eigenvalue weighted by Gasteiger charge is -2.14. The molecular weight excluding hydrogens is 218 g/mol. The van der Waals surface area contributed by atoms with Crippen LogP contribution in [-0.2, 0) is 6.54 Å². The number of aromatic nitrogens is 1. The van der Waals surface area contributed by atoms with Gasteiger partial charge in [0.25, 0.3) is 5.92 Å². The van der Waals surface area contributed by atoms with Crippen LogP contribution in [0.15, 0.2) is 12.1 Å². The summed E-state index contributed by atoms with van der Waals surface area (Å²) in [5.74, 6) is -3.19. The Morgan fingerprint density at radius 1 is 1.44 bits per heavy atom. The maximum atomic E-state index is 12.6. The van der Waals surface area contributed by atoms with Gasteiger partial charge in [-0.25, -0.2) is 8.78 Å². The number of aromatic hydroxyl groups is 1. The van der Waals surface area contributed by atoms with Gasteiger partial charge in [0.1, 0.15) is 12.4 Å². The molecule has 1 rings (SSSR count). The lowest BCUT2D eigenvalue weighted by Crippen LogP contribution is -2.35. The van der Waals surface area contributed by atoms with Crippen LogP contribution in [0.25, 0.3) is 0 Å². The number of hydrogen-bond donors (Lipinski definition) is 3. The first-order valence-electron chi connectivity index (χ1n) is 4.79. The van der Waals surface area contributed by atoms with Crippen LogP contribution in [-0.4, -0.2) is 34.3 Å². The van der Waals surface area contributed by atoms with Gasteiger partial charge < -0.3 is 15.5 Å². The predicted molar refractivity (Wildman–Crippen MR) is 54.4 cm³/mol. The zero-order chi connectivity index (χ0) is 12.2. The molecule has 0 aliphatic rings. The molecule has 0 spiro atoms. The first kappa shape index (κ1) is 12.8. The van der Waals surface area contributed by atoms with Crippen molar-refractivity contribution in [2.45, 2.75) is 19.4 Å². The van der Waals surface area contributed by atoms with E-state index in [9.17, 15) is 13.9 Å². The number of nitrogens with one attached hydrogen (secondary N) is 1. The van der Waals surface area contributed by atoms with E-state index in [1.807, 2.05) is 0 Å². The first-order chi connectivity index (χ1) is 7.44. The van der Waals surface area contributed by atoms with Crippen molar-refractivity contribution in [3.8, 4) is 5.75 Å². The van der Waals surface area contributed by atoms with E-state index >= 15 is 0 Å². The third kappa shape index (κ3) is 3.71. The normalized spacial score (nSPS) is 11.8. The van der Waals surface area contributed by atoms with Crippen LogP contribution in [0, 0.1) is 6.92 Å². The number of aliphatic hydroxyl groups is 1. The molecule has 0 aliphatic carbocycles. The number of aliphatic hydroxyl groups excluding tert-OH is 1. The summed E-state index contributed by atoms with van der Waals surface area (Å²) in [7, 11) is 0. The van der Waals surface area contributed by atoms with Crippen molar-refractivity contribution in [3.05, 3.63) is 23.5 Å². The Morgan fingerprint density at radius 3 is 2.75 bits per heavy atom. The summed E-state index contributed by atoms with van der Waals surface area (Å²) in [5, 5.41) is 20.1. The topological polar surface area (TPSA) is 65.4 Å². The number of hydrogen-bond acceptors (Lipinski definition) is 4. The quantitative estimate of drug-likeness (QED) is 0.703. The standard InChI is InChI=1S/C10H14F2N2O2/c1-7-2-3-9(16)8(14-7)4-13-5-10(11,12)6-15/h2-3,13,15-16H,4-6H2,1H3. The number of halogens is 2. The smallest absolute Gasteiger partial charge is 0.282 e. The first-order valence-corrected chi connectivity index (χ1v) is 4.79. The van der Waals surface area contributed by atoms with Gasteiger partial charge in [0.15, 0.2) is 0 Å². The van der Waals surface area contributed by atoms with Gasteiger partial charge in [0, 0.05) is 12.2 Å². The van der Waals surface area contributed by atoms with Crippen LogP contribution in [0.4, 0.5) is 8.78 Å². The fourth-order valence-electron chi connectivity index (χ4n) is 1.15. The van der Waals surface area contributed by atoms with Crippen molar-refractivity contribution in [1.82, 2.24) is 10.3 Å². The molecule has 1 aromatic heterocycles. The lowest BCUT2D eigenvalue weighted by molar-refractivity contribution is -0.0478. The Hall–Kier alpha value is -1.27. The average molecular weight is 232 g/mol. The minimum absolute atomic E-state index is 0.0309. The third-order valence-corrected chi connectivity index (χ3v) is 2.00. The zero-order valence-electron chi connectivity index (χ0n) is 8.87. The SMILES string of the molecule is Cc1ccc(O)c(CNCC(F)(F)CO)n1. The van der Waals surface area contributed by atoms with Crippen molar-refractivity contribution >= 4 is 0 Å². The summed E-state index contributed by atoms with van der Waals surface area (Å²) in [6, 6.07) is 3.09. The number of rotatable bonds is 5. The molecule has 0 saturated carbocycles. The highest BCUT2D eigenvalue weighted by Crippen LogP contribution is 2.15. The molecule has 0 atom stereocenters. The molecule has 0 radical (unpaired) electrons. The molecule has 3 N–H and O–H groups in total. The van der Waals surface area contributed by atoms with Crippen LogP contribution in [0.5, 0.6) is 5.75 Å². The van der Waals surface area contributed by atoms with Crippen molar-refractivity contribution in [2.24, 2.45) is 0 Å². The van der Waals surface area contributed by atoms with E-state index in [1.165, 1.54) is 6.07 Å². The van der Waals surface area contributed by atoms with Crippen LogP contribution in [0.3, 0.4) is 0 Å². The molecule has 4 nitrogen and oxygen atoms in total. The number of nitrogens with zero attached hydrogens (tertiary/aromatic N) is 1. The molecule has 0 aromatic carbocycles. The predicted octanol–water partition coefficient (Wildman–Crippen LogP) is 0.813. The molecule has 1 aromatic rings. The summed E-state index contributed by atoms with van der Waals surface area (Å²) in [6.45, 7) is -0.0832. The van der Waals surface area contributed by atoms with Crippen molar-refractivity contribution in [3.63, 3.8) is 0 Å². The van der Waals surface area contributed by atoms with Gasteiger partial charge >= 0.3 is 0 Å². The number of aryl methyl sites for hydroxylation is 1. The maximum Gasteiger partial charge on any atom is 0.282 e. The molecule has 1 heterocycles. The number of alkyl halides is 2. The second-order valence-corrected chi connectivity index (χ2v) is 3.54. The summed E-state index contributed by atoms with van der Waals surface area (Å²) in [4.78, 5) is 4.00. The molecule has 0 saturated heterocycles. The summed E-state index contributed by atoms with van der Waals surface area (Å²) < 4.78 is 25.3. The van der Waals surface area contributed by atoms with Crippen LogP contribution < -0.4 is 5.32 Å². The summed E-state index contributed by atoms with van der Waals surface area (Å²) in [5.41, 5.74) is 1.01. The monoisotopic (exact) mass is 232 g/mol. The highest BCUT2D eigenvalue weighted by atomic mass is 19.3. The van der Waals surface area contributed by atoms with E-state index in [2.05, 4.69) is 10.3 Å². The average Bonchev–Trinajstić information content (AvgIpc) is 2.23. The Kier molecular flexibility index (Phi) is 4.14. The molecule has 6 heteroatoms. The van der Waals surface area contributed by atoms with Crippen molar-refractivity contribution in [1.29, 1.82) is 0 Å². The van der Waals surface area contributed by atoms with Crippen molar-refractivity contribution in [2.75, 3.05) is 13.2 Å². The molecule has 90 valence electrons. The third-order valence-electron chi connectivity index (χ3n) is 2.00. The van der Waals surface area contributed by atoms with Crippen molar-refractivity contribution < 1.29 is 19.0 Å². The van der Waals surface area contributed by atoms with E-state index in [0.29, 0.717) is 11.4 Å². The van der Waals surface area contributed by atoms with Gasteiger partial charge in [0.05, 0.1) is 12.2 Å². The van der Waals surface area contributed by atoms with Gasteiger partial charge in [-0.3, -0.25) is 4.98 Å². The minimum Gasteiger partial charge on any atom is -0.506 e. The van der Waals surface area contributed by atoms with Gasteiger partial charge in [-0.05, 0) is 19.1 Å². The fraction of sp³-hybridized carbons (Fsp3) is 0.500. The minimum atomic E-state index is -3.15. The number of pyridine rings is 1. The van der Waals surface area contributed by atoms with Gasteiger partial charge in [-0.1, -0.05) is 0 Å². The summed E-state index contributed by atoms with van der Waals surface area (Å²) >= 11 is 0. The highest BCUT2D eigenvalue weighted by Gasteiger charge is 2.26. The molecule has 0 fully saturated rings. The zero-order valence-corrected chi connectivity index (χ0v) is 8.87. The lowest BCUT2D eigenvalue weighted by atomic mass is 10.2.